The van der Waals surface area contributed by atoms with Gasteiger partial charge in [-0.05, 0) is 42.2 Å². The number of rotatable bonds is 4. The van der Waals surface area contributed by atoms with Crippen molar-refractivity contribution in [1.82, 2.24) is 4.98 Å². The van der Waals surface area contributed by atoms with E-state index < -0.39 is 0 Å². The van der Waals surface area contributed by atoms with Gasteiger partial charge in [-0.2, -0.15) is 0 Å². The maximum Gasteiger partial charge on any atom is 0.126 e. The Morgan fingerprint density at radius 2 is 2.00 bits per heavy atom. The van der Waals surface area contributed by atoms with Crippen LogP contribution < -0.4 is 11.1 Å². The van der Waals surface area contributed by atoms with Crippen molar-refractivity contribution in [1.29, 1.82) is 0 Å². The van der Waals surface area contributed by atoms with E-state index in [1.807, 2.05) is 30.3 Å². The normalized spacial score (nSPS) is 13.4. The van der Waals surface area contributed by atoms with E-state index in [0.717, 1.165) is 22.4 Å². The minimum atomic E-state index is 0.0560. The highest BCUT2D eigenvalue weighted by Crippen LogP contribution is 2.26. The van der Waals surface area contributed by atoms with Crippen molar-refractivity contribution < 1.29 is 5.11 Å². The number of pyridine rings is 1. The lowest BCUT2D eigenvalue weighted by Gasteiger charge is -2.31. The van der Waals surface area contributed by atoms with Crippen molar-refractivity contribution in [3.63, 3.8) is 0 Å². The van der Waals surface area contributed by atoms with Gasteiger partial charge in [-0.1, -0.05) is 20.8 Å². The van der Waals surface area contributed by atoms with E-state index in [4.69, 9.17) is 5.73 Å². The van der Waals surface area contributed by atoms with E-state index in [2.05, 4.69) is 31.1 Å². The highest BCUT2D eigenvalue weighted by atomic mass is 16.3. The fraction of sp³-hybridized carbons (Fsp3) is 0.438. The summed E-state index contributed by atoms with van der Waals surface area (Å²) in [5, 5.41) is 13.7. The van der Waals surface area contributed by atoms with Crippen LogP contribution in [0.15, 0.2) is 30.3 Å². The van der Waals surface area contributed by atoms with Crippen molar-refractivity contribution in [3.05, 3.63) is 30.3 Å². The van der Waals surface area contributed by atoms with E-state index in [1.165, 1.54) is 0 Å². The molecule has 0 aliphatic rings. The number of aliphatic hydroxyl groups is 1. The van der Waals surface area contributed by atoms with Gasteiger partial charge in [0.1, 0.15) is 5.82 Å². The van der Waals surface area contributed by atoms with Crippen molar-refractivity contribution in [3.8, 4) is 0 Å². The first kappa shape index (κ1) is 14.6. The van der Waals surface area contributed by atoms with Crippen LogP contribution in [0.2, 0.25) is 0 Å². The second kappa shape index (κ2) is 5.67. The Kier molecular flexibility index (Phi) is 4.14. The minimum absolute atomic E-state index is 0.0560. The second-order valence-electron chi connectivity index (χ2n) is 6.22. The highest BCUT2D eigenvalue weighted by molar-refractivity contribution is 5.83. The molecule has 1 atom stereocenters. The number of aromatic nitrogens is 1. The molecule has 20 heavy (non-hydrogen) atoms. The van der Waals surface area contributed by atoms with Crippen LogP contribution in [0.1, 0.15) is 27.2 Å². The number of fused-ring (bicyclic) bond motifs is 1. The number of nitrogens with one attached hydrogen (secondary N) is 1. The largest absolute Gasteiger partial charge is 0.399 e. The third kappa shape index (κ3) is 3.39. The molecule has 1 heterocycles. The number of benzene rings is 1. The molecule has 2 rings (SSSR count). The molecule has 0 fully saturated rings. The van der Waals surface area contributed by atoms with Crippen LogP contribution in [0.4, 0.5) is 11.5 Å². The number of nitrogens with two attached hydrogens (primary N) is 1. The summed E-state index contributed by atoms with van der Waals surface area (Å²) in [7, 11) is 0. The van der Waals surface area contributed by atoms with Crippen LogP contribution in [0.25, 0.3) is 10.9 Å². The average Bonchev–Trinajstić information content (AvgIpc) is 2.37. The number of hydrogen-bond donors (Lipinski definition) is 3. The van der Waals surface area contributed by atoms with Crippen LogP contribution >= 0.6 is 0 Å². The lowest BCUT2D eigenvalue weighted by molar-refractivity contribution is 0.235. The van der Waals surface area contributed by atoms with Gasteiger partial charge in [0, 0.05) is 23.7 Å². The standard InChI is InChI=1S/C16H23N3O/c1-16(2,3)14(8-9-20)19-15-7-4-11-10-12(17)5-6-13(11)18-15/h4-7,10,14,20H,8-9,17H2,1-3H3,(H,18,19). The summed E-state index contributed by atoms with van der Waals surface area (Å²) in [5.41, 5.74) is 7.48. The third-order valence-corrected chi connectivity index (χ3v) is 3.50. The Hall–Kier alpha value is -1.81. The highest BCUT2D eigenvalue weighted by Gasteiger charge is 2.24. The van der Waals surface area contributed by atoms with Crippen LogP contribution in [0, 0.1) is 5.41 Å². The van der Waals surface area contributed by atoms with Gasteiger partial charge in [-0.15, -0.1) is 0 Å². The fourth-order valence-corrected chi connectivity index (χ4v) is 2.25. The quantitative estimate of drug-likeness (QED) is 0.749. The van der Waals surface area contributed by atoms with Gasteiger partial charge in [-0.3, -0.25) is 0 Å². The van der Waals surface area contributed by atoms with Crippen molar-refractivity contribution in [2.45, 2.75) is 33.2 Å². The SMILES string of the molecule is CC(C)(C)C(CCO)Nc1ccc2cc(N)ccc2n1. The predicted octanol–water partition coefficient (Wildman–Crippen LogP) is 3.03. The Morgan fingerprint density at radius 1 is 1.25 bits per heavy atom. The molecule has 0 spiro atoms. The van der Waals surface area contributed by atoms with Crippen LogP contribution in [0.5, 0.6) is 0 Å². The topological polar surface area (TPSA) is 71.2 Å². The van der Waals surface area contributed by atoms with Gasteiger partial charge in [0.2, 0.25) is 0 Å². The maximum atomic E-state index is 9.21. The molecular weight excluding hydrogens is 250 g/mol. The first-order valence-corrected chi connectivity index (χ1v) is 6.94. The molecule has 0 radical (unpaired) electrons. The summed E-state index contributed by atoms with van der Waals surface area (Å²) < 4.78 is 0. The fourth-order valence-electron chi connectivity index (χ4n) is 2.25. The maximum absolute atomic E-state index is 9.21. The van der Waals surface area contributed by atoms with E-state index in [1.54, 1.807) is 0 Å². The zero-order valence-corrected chi connectivity index (χ0v) is 12.4. The van der Waals surface area contributed by atoms with Gasteiger partial charge >= 0.3 is 0 Å². The molecule has 4 N–H and O–H groups in total. The zero-order valence-electron chi connectivity index (χ0n) is 12.4. The van der Waals surface area contributed by atoms with Crippen molar-refractivity contribution in [2.75, 3.05) is 17.7 Å². The van der Waals surface area contributed by atoms with Gasteiger partial charge in [0.25, 0.3) is 0 Å². The Bertz CT molecular complexity index is 590. The number of hydrogen-bond acceptors (Lipinski definition) is 4. The lowest BCUT2D eigenvalue weighted by Crippen LogP contribution is -2.35. The third-order valence-electron chi connectivity index (χ3n) is 3.50. The Balaban J connectivity index is 2.26. The summed E-state index contributed by atoms with van der Waals surface area (Å²) >= 11 is 0. The molecule has 0 amide bonds. The van der Waals surface area contributed by atoms with Gasteiger partial charge in [0.15, 0.2) is 0 Å². The minimum Gasteiger partial charge on any atom is -0.399 e. The summed E-state index contributed by atoms with van der Waals surface area (Å²) in [5.74, 6) is 0.829. The van der Waals surface area contributed by atoms with E-state index >= 15 is 0 Å². The summed E-state index contributed by atoms with van der Waals surface area (Å²) in [6, 6.07) is 9.84. The summed E-state index contributed by atoms with van der Waals surface area (Å²) in [6.07, 6.45) is 0.699. The van der Waals surface area contributed by atoms with Gasteiger partial charge in [-0.25, -0.2) is 4.98 Å². The van der Waals surface area contributed by atoms with Crippen molar-refractivity contribution >= 4 is 22.4 Å². The molecule has 108 valence electrons. The van der Waals surface area contributed by atoms with Gasteiger partial charge in [0.05, 0.1) is 5.52 Å². The molecule has 0 saturated heterocycles. The van der Waals surface area contributed by atoms with Gasteiger partial charge < -0.3 is 16.2 Å². The molecule has 4 heteroatoms. The van der Waals surface area contributed by atoms with E-state index in [9.17, 15) is 5.11 Å². The molecule has 0 bridgehead atoms. The average molecular weight is 273 g/mol. The molecule has 1 aromatic carbocycles. The summed E-state index contributed by atoms with van der Waals surface area (Å²) in [4.78, 5) is 4.60. The molecule has 4 nitrogen and oxygen atoms in total. The predicted molar refractivity (Wildman–Crippen MR) is 84.7 cm³/mol. The first-order valence-electron chi connectivity index (χ1n) is 6.94. The lowest BCUT2D eigenvalue weighted by atomic mass is 9.85. The molecule has 1 unspecified atom stereocenters. The molecule has 0 aliphatic heterocycles. The van der Waals surface area contributed by atoms with Crippen molar-refractivity contribution in [2.24, 2.45) is 5.41 Å². The van der Waals surface area contributed by atoms with Crippen LogP contribution in [-0.2, 0) is 0 Å². The molecule has 2 aromatic rings. The van der Waals surface area contributed by atoms with Crippen LogP contribution in [0.3, 0.4) is 0 Å². The number of aliphatic hydroxyl groups excluding tert-OH is 1. The molecular formula is C16H23N3O. The molecule has 1 aromatic heterocycles. The summed E-state index contributed by atoms with van der Waals surface area (Å²) in [6.45, 7) is 6.63. The van der Waals surface area contributed by atoms with Crippen LogP contribution in [-0.4, -0.2) is 22.7 Å². The Morgan fingerprint density at radius 3 is 2.65 bits per heavy atom. The zero-order chi connectivity index (χ0) is 14.8. The number of nitrogens with zero attached hydrogens (tertiary/aromatic N) is 1. The monoisotopic (exact) mass is 273 g/mol. The molecule has 0 aliphatic carbocycles. The molecule has 0 saturated carbocycles. The first-order chi connectivity index (χ1) is 9.40. The second-order valence-corrected chi connectivity index (χ2v) is 6.22. The Labute approximate surface area is 120 Å². The number of anilines is 2. The smallest absolute Gasteiger partial charge is 0.126 e. The van der Waals surface area contributed by atoms with E-state index in [-0.39, 0.29) is 18.1 Å². The number of nitrogen functional groups attached to an aromatic ring is 1. The van der Waals surface area contributed by atoms with E-state index in [0.29, 0.717) is 6.42 Å².